The van der Waals surface area contributed by atoms with Gasteiger partial charge < -0.3 is 4.90 Å². The molecule has 0 N–H and O–H groups in total. The molecule has 1 atom stereocenters. The lowest BCUT2D eigenvalue weighted by Gasteiger charge is -2.43. The van der Waals surface area contributed by atoms with E-state index < -0.39 is 0 Å². The van der Waals surface area contributed by atoms with Gasteiger partial charge in [0.1, 0.15) is 0 Å². The van der Waals surface area contributed by atoms with Crippen molar-refractivity contribution in [3.8, 4) is 0 Å². The molecule has 2 rings (SSSR count). The van der Waals surface area contributed by atoms with Gasteiger partial charge in [-0.15, -0.1) is 0 Å². The lowest BCUT2D eigenvalue weighted by molar-refractivity contribution is 0.0453. The third-order valence-corrected chi connectivity index (χ3v) is 4.86. The van der Waals surface area contributed by atoms with Crippen molar-refractivity contribution in [3.63, 3.8) is 0 Å². The average Bonchev–Trinajstić information content (AvgIpc) is 2.34. The largest absolute Gasteiger partial charge is 0.306 e. The Labute approximate surface area is 113 Å². The van der Waals surface area contributed by atoms with Crippen LogP contribution in [-0.2, 0) is 0 Å². The molecule has 2 saturated heterocycles. The van der Waals surface area contributed by atoms with Crippen LogP contribution in [0.2, 0.25) is 0 Å². The smallest absolute Gasteiger partial charge is 0.0195 e. The van der Waals surface area contributed by atoms with E-state index in [9.17, 15) is 0 Å². The van der Waals surface area contributed by atoms with Gasteiger partial charge in [0, 0.05) is 38.3 Å². The van der Waals surface area contributed by atoms with Crippen molar-refractivity contribution >= 4 is 0 Å². The molecular formula is C15H31N3. The van der Waals surface area contributed by atoms with Crippen molar-refractivity contribution in [1.29, 1.82) is 0 Å². The van der Waals surface area contributed by atoms with E-state index in [0.717, 1.165) is 12.0 Å². The maximum Gasteiger partial charge on any atom is 0.0195 e. The fourth-order valence-corrected chi connectivity index (χ4v) is 3.34. The van der Waals surface area contributed by atoms with Gasteiger partial charge in [-0.1, -0.05) is 0 Å². The van der Waals surface area contributed by atoms with Crippen LogP contribution >= 0.6 is 0 Å². The van der Waals surface area contributed by atoms with E-state index in [-0.39, 0.29) is 0 Å². The summed E-state index contributed by atoms with van der Waals surface area (Å²) in [4.78, 5) is 7.82. The third-order valence-electron chi connectivity index (χ3n) is 4.86. The molecule has 18 heavy (non-hydrogen) atoms. The molecule has 3 nitrogen and oxygen atoms in total. The Bertz CT molecular complexity index is 246. The third kappa shape index (κ3) is 3.69. The minimum atomic E-state index is 0.706. The predicted molar refractivity (Wildman–Crippen MR) is 78.0 cm³/mol. The molecule has 0 spiro atoms. The summed E-state index contributed by atoms with van der Waals surface area (Å²) < 4.78 is 0. The zero-order chi connectivity index (χ0) is 13.1. The Morgan fingerprint density at radius 1 is 1.06 bits per heavy atom. The molecule has 0 radical (unpaired) electrons. The van der Waals surface area contributed by atoms with Crippen LogP contribution in [0.3, 0.4) is 0 Å². The fraction of sp³-hybridized carbons (Fsp3) is 1.00. The van der Waals surface area contributed by atoms with E-state index in [0.29, 0.717) is 6.04 Å². The summed E-state index contributed by atoms with van der Waals surface area (Å²) in [6.45, 7) is 14.8. The van der Waals surface area contributed by atoms with E-state index in [1.54, 1.807) is 0 Å². The van der Waals surface area contributed by atoms with Crippen molar-refractivity contribution in [1.82, 2.24) is 14.7 Å². The maximum atomic E-state index is 2.73. The summed E-state index contributed by atoms with van der Waals surface area (Å²) in [6, 6.07) is 1.44. The molecule has 0 aromatic heterocycles. The Morgan fingerprint density at radius 3 is 2.28 bits per heavy atom. The van der Waals surface area contributed by atoms with Crippen LogP contribution in [0.1, 0.15) is 33.6 Å². The highest BCUT2D eigenvalue weighted by Gasteiger charge is 2.27. The topological polar surface area (TPSA) is 9.72 Å². The van der Waals surface area contributed by atoms with Gasteiger partial charge in [-0.05, 0) is 59.7 Å². The van der Waals surface area contributed by atoms with Gasteiger partial charge in [0.05, 0.1) is 0 Å². The number of nitrogens with zero attached hydrogens (tertiary/aromatic N) is 3. The standard InChI is InChI=1S/C15H31N3/c1-13(2)17-9-10-18(14(3)11-17)12-15-5-7-16(4)8-6-15/h13-15H,5-12H2,1-4H3. The van der Waals surface area contributed by atoms with Crippen molar-refractivity contribution in [2.24, 2.45) is 5.92 Å². The van der Waals surface area contributed by atoms with Gasteiger partial charge in [0.2, 0.25) is 0 Å². The molecule has 1 unspecified atom stereocenters. The first-order chi connectivity index (χ1) is 8.56. The Hall–Kier alpha value is -0.120. The Balaban J connectivity index is 1.77. The number of hydrogen-bond donors (Lipinski definition) is 0. The number of hydrogen-bond acceptors (Lipinski definition) is 3. The van der Waals surface area contributed by atoms with Gasteiger partial charge in [0.25, 0.3) is 0 Å². The summed E-state index contributed by atoms with van der Waals surface area (Å²) in [7, 11) is 2.25. The fourth-order valence-electron chi connectivity index (χ4n) is 3.34. The second-order valence-electron chi connectivity index (χ2n) is 6.68. The monoisotopic (exact) mass is 253 g/mol. The minimum absolute atomic E-state index is 0.706. The van der Waals surface area contributed by atoms with Crippen molar-refractivity contribution in [3.05, 3.63) is 0 Å². The highest BCUT2D eigenvalue weighted by atomic mass is 15.3. The molecule has 0 bridgehead atoms. The lowest BCUT2D eigenvalue weighted by atomic mass is 9.95. The zero-order valence-electron chi connectivity index (χ0n) is 12.7. The molecule has 0 amide bonds. The van der Waals surface area contributed by atoms with E-state index in [2.05, 4.69) is 42.5 Å². The second kappa shape index (κ2) is 6.36. The van der Waals surface area contributed by atoms with Gasteiger partial charge >= 0.3 is 0 Å². The first-order valence-corrected chi connectivity index (χ1v) is 7.73. The molecule has 0 aromatic rings. The van der Waals surface area contributed by atoms with Crippen LogP contribution in [0.5, 0.6) is 0 Å². The number of likely N-dealkylation sites (tertiary alicyclic amines) is 1. The first-order valence-electron chi connectivity index (χ1n) is 7.73. The maximum absolute atomic E-state index is 2.73. The van der Waals surface area contributed by atoms with Gasteiger partial charge in [-0.2, -0.15) is 0 Å². The second-order valence-corrected chi connectivity index (χ2v) is 6.68. The highest BCUT2D eigenvalue weighted by molar-refractivity contribution is 4.83. The van der Waals surface area contributed by atoms with Crippen LogP contribution in [0.15, 0.2) is 0 Å². The molecule has 2 aliphatic heterocycles. The quantitative estimate of drug-likeness (QED) is 0.758. The summed E-state index contributed by atoms with van der Waals surface area (Å²) in [5.41, 5.74) is 0. The summed E-state index contributed by atoms with van der Waals surface area (Å²) in [6.07, 6.45) is 2.79. The summed E-state index contributed by atoms with van der Waals surface area (Å²) in [5.74, 6) is 0.939. The van der Waals surface area contributed by atoms with E-state index >= 15 is 0 Å². The number of rotatable bonds is 3. The number of piperidine rings is 1. The van der Waals surface area contributed by atoms with Crippen molar-refractivity contribution in [2.75, 3.05) is 46.3 Å². The van der Waals surface area contributed by atoms with E-state index in [4.69, 9.17) is 0 Å². The molecule has 3 heteroatoms. The molecule has 2 heterocycles. The lowest BCUT2D eigenvalue weighted by Crippen LogP contribution is -2.55. The SMILES string of the molecule is CC(C)N1CCN(CC2CCN(C)CC2)C(C)C1. The molecule has 2 fully saturated rings. The van der Waals surface area contributed by atoms with Crippen LogP contribution in [-0.4, -0.2) is 73.1 Å². The number of piperazine rings is 1. The molecule has 106 valence electrons. The van der Waals surface area contributed by atoms with Gasteiger partial charge in [0.15, 0.2) is 0 Å². The van der Waals surface area contributed by atoms with Crippen LogP contribution in [0.25, 0.3) is 0 Å². The van der Waals surface area contributed by atoms with Crippen LogP contribution < -0.4 is 0 Å². The van der Waals surface area contributed by atoms with Gasteiger partial charge in [-0.3, -0.25) is 9.80 Å². The normalized spacial score (nSPS) is 30.2. The summed E-state index contributed by atoms with van der Waals surface area (Å²) >= 11 is 0. The highest BCUT2D eigenvalue weighted by Crippen LogP contribution is 2.20. The van der Waals surface area contributed by atoms with E-state index in [1.807, 2.05) is 0 Å². The van der Waals surface area contributed by atoms with Crippen LogP contribution in [0.4, 0.5) is 0 Å². The van der Waals surface area contributed by atoms with Gasteiger partial charge in [-0.25, -0.2) is 0 Å². The van der Waals surface area contributed by atoms with Crippen LogP contribution in [0, 0.1) is 5.92 Å². The Kier molecular flexibility index (Phi) is 5.05. The van der Waals surface area contributed by atoms with Crippen molar-refractivity contribution < 1.29 is 0 Å². The minimum Gasteiger partial charge on any atom is -0.306 e. The molecule has 2 aliphatic rings. The Morgan fingerprint density at radius 2 is 1.72 bits per heavy atom. The molecular weight excluding hydrogens is 222 g/mol. The summed E-state index contributed by atoms with van der Waals surface area (Å²) in [5, 5.41) is 0. The molecule has 0 saturated carbocycles. The zero-order valence-corrected chi connectivity index (χ0v) is 12.7. The first kappa shape index (κ1) is 14.3. The molecule has 0 aliphatic carbocycles. The predicted octanol–water partition coefficient (Wildman–Crippen LogP) is 1.74. The van der Waals surface area contributed by atoms with E-state index in [1.165, 1.54) is 52.1 Å². The molecule has 0 aromatic carbocycles. The average molecular weight is 253 g/mol. The van der Waals surface area contributed by atoms with Crippen molar-refractivity contribution in [2.45, 2.75) is 45.7 Å².